The molecule has 0 amide bonds. The zero-order chi connectivity index (χ0) is 26.7. The Balaban J connectivity index is 1.37. The van der Waals surface area contributed by atoms with Crippen LogP contribution in [-0.2, 0) is 6.42 Å². The van der Waals surface area contributed by atoms with Crippen LogP contribution in [0.3, 0.4) is 0 Å². The molecular formula is C30H21N3O4S2. The molecule has 0 saturated carbocycles. The number of nitro benzene ring substituents is 1. The largest absolute Gasteiger partial charge is 0.457 e. The fourth-order valence-electron chi connectivity index (χ4n) is 5.51. The lowest BCUT2D eigenvalue weighted by molar-refractivity contribution is -0.385. The smallest absolute Gasteiger partial charge is 0.273 e. The van der Waals surface area contributed by atoms with Crippen LogP contribution in [0.1, 0.15) is 39.8 Å². The first kappa shape index (κ1) is 23.8. The minimum absolute atomic E-state index is 0.0397. The Hall–Kier alpha value is -4.34. The number of nitro groups is 1. The number of aryl methyl sites for hydroxylation is 1. The van der Waals surface area contributed by atoms with Gasteiger partial charge in [0.2, 0.25) is 0 Å². The molecule has 0 spiro atoms. The van der Waals surface area contributed by atoms with Crippen molar-refractivity contribution in [2.75, 3.05) is 0 Å². The summed E-state index contributed by atoms with van der Waals surface area (Å²) in [7, 11) is 0. The van der Waals surface area contributed by atoms with Crippen LogP contribution in [0.5, 0.6) is 0 Å². The second-order valence-corrected chi connectivity index (χ2v) is 11.5. The molecule has 7 rings (SSSR count). The van der Waals surface area contributed by atoms with Gasteiger partial charge in [0, 0.05) is 33.7 Å². The Morgan fingerprint density at radius 2 is 1.90 bits per heavy atom. The monoisotopic (exact) mass is 551 g/mol. The van der Waals surface area contributed by atoms with Crippen LogP contribution in [0.15, 0.2) is 91.9 Å². The summed E-state index contributed by atoms with van der Waals surface area (Å²) in [4.78, 5) is 31.6. The van der Waals surface area contributed by atoms with Gasteiger partial charge in [0.1, 0.15) is 11.5 Å². The first-order chi connectivity index (χ1) is 19.0. The number of thiazole rings is 1. The van der Waals surface area contributed by atoms with E-state index in [2.05, 4.69) is 24.3 Å². The number of furan rings is 1. The minimum Gasteiger partial charge on any atom is -0.457 e. The Bertz CT molecular complexity index is 1990. The predicted octanol–water partition coefficient (Wildman–Crippen LogP) is 5.86. The topological polar surface area (TPSA) is 90.6 Å². The summed E-state index contributed by atoms with van der Waals surface area (Å²) in [6, 6.07) is 20.8. The van der Waals surface area contributed by atoms with Crippen molar-refractivity contribution in [3.8, 4) is 11.3 Å². The van der Waals surface area contributed by atoms with Gasteiger partial charge in [0.25, 0.3) is 11.2 Å². The van der Waals surface area contributed by atoms with Gasteiger partial charge >= 0.3 is 0 Å². The lowest BCUT2D eigenvalue weighted by atomic mass is 9.85. The van der Waals surface area contributed by atoms with E-state index in [4.69, 9.17) is 9.41 Å². The van der Waals surface area contributed by atoms with E-state index in [1.165, 1.54) is 28.5 Å². The highest BCUT2D eigenvalue weighted by molar-refractivity contribution is 7.10. The Labute approximate surface area is 230 Å². The molecule has 0 bridgehead atoms. The number of hydrogen-bond donors (Lipinski definition) is 0. The Morgan fingerprint density at radius 1 is 1.05 bits per heavy atom. The maximum Gasteiger partial charge on any atom is 0.273 e. The average Bonchev–Trinajstić information content (AvgIpc) is 3.70. The van der Waals surface area contributed by atoms with E-state index < -0.39 is 4.92 Å². The van der Waals surface area contributed by atoms with Gasteiger partial charge < -0.3 is 4.42 Å². The molecule has 192 valence electrons. The number of benzene rings is 2. The van der Waals surface area contributed by atoms with Gasteiger partial charge in [-0.3, -0.25) is 19.5 Å². The van der Waals surface area contributed by atoms with Gasteiger partial charge in [0.15, 0.2) is 4.80 Å². The standard InChI is InChI=1S/C30H21N3O4S2/c1-17-20(8-4-9-23(17)33(35)36)24-14-12-19(37-24)16-26-29(34)32-28(25-10-5-15-38-25)22-13-11-18-6-2-3-7-21(18)27(22)31-30(32)39-26/h2-10,12,14-16,28H,11,13H2,1H3. The molecule has 0 fully saturated rings. The summed E-state index contributed by atoms with van der Waals surface area (Å²) in [5, 5.41) is 13.4. The van der Waals surface area contributed by atoms with Gasteiger partial charge in [-0.25, -0.2) is 4.99 Å². The molecule has 1 atom stereocenters. The van der Waals surface area contributed by atoms with Crippen molar-refractivity contribution in [3.05, 3.63) is 135 Å². The van der Waals surface area contributed by atoms with Crippen molar-refractivity contribution in [2.45, 2.75) is 25.8 Å². The molecule has 7 nitrogen and oxygen atoms in total. The molecule has 2 aromatic carbocycles. The first-order valence-electron chi connectivity index (χ1n) is 12.5. The van der Waals surface area contributed by atoms with Crippen molar-refractivity contribution in [1.82, 2.24) is 4.57 Å². The number of rotatable bonds is 4. The Morgan fingerprint density at radius 3 is 2.72 bits per heavy atom. The van der Waals surface area contributed by atoms with Gasteiger partial charge in [-0.1, -0.05) is 53.8 Å². The third kappa shape index (κ3) is 3.85. The van der Waals surface area contributed by atoms with Gasteiger partial charge in [-0.05, 0) is 54.5 Å². The van der Waals surface area contributed by atoms with Crippen molar-refractivity contribution < 1.29 is 9.34 Å². The summed E-state index contributed by atoms with van der Waals surface area (Å²) in [5.74, 6) is 1.02. The number of allylic oxidation sites excluding steroid dienone is 1. The van der Waals surface area contributed by atoms with Crippen LogP contribution in [-0.4, -0.2) is 9.49 Å². The average molecular weight is 552 g/mol. The van der Waals surface area contributed by atoms with Crippen LogP contribution >= 0.6 is 22.7 Å². The summed E-state index contributed by atoms with van der Waals surface area (Å²) in [6.45, 7) is 1.71. The van der Waals surface area contributed by atoms with E-state index in [1.807, 2.05) is 22.1 Å². The molecule has 5 aromatic rings. The predicted molar refractivity (Wildman–Crippen MR) is 153 cm³/mol. The summed E-state index contributed by atoms with van der Waals surface area (Å²) >= 11 is 3.00. The van der Waals surface area contributed by atoms with E-state index in [0.29, 0.717) is 32.0 Å². The van der Waals surface area contributed by atoms with E-state index in [-0.39, 0.29) is 17.3 Å². The molecule has 0 saturated heterocycles. The molecule has 0 N–H and O–H groups in total. The van der Waals surface area contributed by atoms with Crippen LogP contribution < -0.4 is 14.9 Å². The van der Waals surface area contributed by atoms with Crippen molar-refractivity contribution in [1.29, 1.82) is 0 Å². The normalized spacial score (nSPS) is 16.4. The van der Waals surface area contributed by atoms with Crippen LogP contribution in [0.4, 0.5) is 5.69 Å². The second kappa shape index (κ2) is 9.14. The molecule has 39 heavy (non-hydrogen) atoms. The molecule has 9 heteroatoms. The molecule has 1 aliphatic carbocycles. The molecular weight excluding hydrogens is 530 g/mol. The van der Waals surface area contributed by atoms with Crippen molar-refractivity contribution in [2.24, 2.45) is 4.99 Å². The van der Waals surface area contributed by atoms with Gasteiger partial charge in [-0.15, -0.1) is 11.3 Å². The lowest BCUT2D eigenvalue weighted by Crippen LogP contribution is -2.38. The van der Waals surface area contributed by atoms with E-state index in [9.17, 15) is 14.9 Å². The molecule has 4 heterocycles. The highest BCUT2D eigenvalue weighted by Gasteiger charge is 2.33. The molecule has 1 unspecified atom stereocenters. The lowest BCUT2D eigenvalue weighted by Gasteiger charge is -2.30. The van der Waals surface area contributed by atoms with Crippen LogP contribution in [0.25, 0.3) is 23.1 Å². The van der Waals surface area contributed by atoms with Crippen molar-refractivity contribution in [3.63, 3.8) is 0 Å². The van der Waals surface area contributed by atoms with Crippen LogP contribution in [0.2, 0.25) is 0 Å². The first-order valence-corrected chi connectivity index (χ1v) is 14.2. The van der Waals surface area contributed by atoms with E-state index in [0.717, 1.165) is 29.0 Å². The highest BCUT2D eigenvalue weighted by atomic mass is 32.1. The number of fused-ring (bicyclic) bond motifs is 3. The maximum absolute atomic E-state index is 13.8. The molecule has 1 aliphatic heterocycles. The van der Waals surface area contributed by atoms with Gasteiger partial charge in [0.05, 0.1) is 21.2 Å². The third-order valence-electron chi connectivity index (χ3n) is 7.35. The SMILES string of the molecule is Cc1c(-c2ccc(C=c3sc4n(c3=O)C(c3cccs3)C3=C(N=4)c4ccccc4CC3)o2)cccc1[N+](=O)[O-]. The molecule has 0 radical (unpaired) electrons. The second-order valence-electron chi connectivity index (χ2n) is 9.54. The number of nitrogens with zero attached hydrogens (tertiary/aromatic N) is 3. The summed E-state index contributed by atoms with van der Waals surface area (Å²) < 4.78 is 8.41. The van der Waals surface area contributed by atoms with Crippen LogP contribution in [0, 0.1) is 17.0 Å². The van der Waals surface area contributed by atoms with Gasteiger partial charge in [-0.2, -0.15) is 0 Å². The number of hydrogen-bond acceptors (Lipinski definition) is 7. The molecule has 2 aliphatic rings. The van der Waals surface area contributed by atoms with E-state index >= 15 is 0 Å². The summed E-state index contributed by atoms with van der Waals surface area (Å²) in [5.41, 5.74) is 5.69. The van der Waals surface area contributed by atoms with E-state index in [1.54, 1.807) is 48.6 Å². The highest BCUT2D eigenvalue weighted by Crippen LogP contribution is 2.42. The zero-order valence-electron chi connectivity index (χ0n) is 20.8. The van der Waals surface area contributed by atoms with Crippen molar-refractivity contribution >= 4 is 40.1 Å². The zero-order valence-corrected chi connectivity index (χ0v) is 22.4. The fourth-order valence-corrected chi connectivity index (χ4v) is 7.34. The quantitative estimate of drug-likeness (QED) is 0.207. The molecule has 3 aromatic heterocycles. The summed E-state index contributed by atoms with van der Waals surface area (Å²) in [6.07, 6.45) is 3.51. The minimum atomic E-state index is -0.397. The number of thiophene rings is 1. The number of aromatic nitrogens is 1. The Kier molecular flexibility index (Phi) is 5.57. The fraction of sp³-hybridized carbons (Fsp3) is 0.133. The maximum atomic E-state index is 13.8. The third-order valence-corrected chi connectivity index (χ3v) is 9.26.